The lowest BCUT2D eigenvalue weighted by atomic mass is 10.1. The smallest absolute Gasteiger partial charge is 0.356 e. The summed E-state index contributed by atoms with van der Waals surface area (Å²) in [7, 11) is 0. The summed E-state index contributed by atoms with van der Waals surface area (Å²) < 4.78 is 36.9. The molecule has 18 heavy (non-hydrogen) atoms. The summed E-state index contributed by atoms with van der Waals surface area (Å²) in [4.78, 5) is 0. The number of anilines is 1. The fourth-order valence-corrected chi connectivity index (χ4v) is 1.90. The summed E-state index contributed by atoms with van der Waals surface area (Å²) in [6.07, 6.45) is -4.43. The molecule has 1 heterocycles. The maximum absolute atomic E-state index is 12.3. The van der Waals surface area contributed by atoms with Gasteiger partial charge in [0.25, 0.3) is 0 Å². The predicted molar refractivity (Wildman–Crippen MR) is 63.4 cm³/mol. The van der Waals surface area contributed by atoms with Gasteiger partial charge in [-0.1, -0.05) is 41.2 Å². The largest absolute Gasteiger partial charge is 0.445 e. The van der Waals surface area contributed by atoms with E-state index in [0.717, 1.165) is 11.1 Å². The van der Waals surface area contributed by atoms with E-state index >= 15 is 0 Å². The topological polar surface area (TPSA) is 37.8 Å². The van der Waals surface area contributed by atoms with Gasteiger partial charge in [-0.2, -0.15) is 13.2 Å². The second kappa shape index (κ2) is 4.93. The number of halogens is 3. The van der Waals surface area contributed by atoms with E-state index in [1.165, 1.54) is 0 Å². The van der Waals surface area contributed by atoms with Crippen LogP contribution < -0.4 is 5.32 Å². The minimum absolute atomic E-state index is 0.169. The summed E-state index contributed by atoms with van der Waals surface area (Å²) in [5.74, 6) is 0. The van der Waals surface area contributed by atoms with E-state index in [1.54, 1.807) is 0 Å². The number of hydrogen-bond donors (Lipinski definition) is 1. The van der Waals surface area contributed by atoms with Gasteiger partial charge < -0.3 is 5.32 Å². The van der Waals surface area contributed by atoms with Gasteiger partial charge in [-0.15, -0.1) is 10.2 Å². The molecule has 1 aromatic heterocycles. The number of hydrogen-bond acceptors (Lipinski definition) is 4. The molecular weight excluding hydrogens is 263 g/mol. The molecule has 2 aromatic rings. The molecule has 0 saturated heterocycles. The SMILES string of the molecule is Cc1ccc(CNc2nnc(C(F)(F)F)s2)cc1. The molecule has 0 bridgehead atoms. The lowest BCUT2D eigenvalue weighted by Gasteiger charge is -2.02. The molecule has 0 amide bonds. The molecule has 0 saturated carbocycles. The Bertz CT molecular complexity index is 519. The van der Waals surface area contributed by atoms with Crippen LogP contribution in [0.4, 0.5) is 18.3 Å². The van der Waals surface area contributed by atoms with Crippen LogP contribution in [0.3, 0.4) is 0 Å². The van der Waals surface area contributed by atoms with E-state index in [4.69, 9.17) is 0 Å². The predicted octanol–water partition coefficient (Wildman–Crippen LogP) is 3.48. The van der Waals surface area contributed by atoms with Crippen molar-refractivity contribution < 1.29 is 13.2 Å². The first-order valence-corrected chi connectivity index (χ1v) is 5.97. The molecule has 0 aliphatic carbocycles. The van der Waals surface area contributed by atoms with Crippen LogP contribution in [0.25, 0.3) is 0 Å². The zero-order valence-corrected chi connectivity index (χ0v) is 10.3. The quantitative estimate of drug-likeness (QED) is 0.930. The highest BCUT2D eigenvalue weighted by Crippen LogP contribution is 2.33. The normalized spacial score (nSPS) is 11.6. The van der Waals surface area contributed by atoms with Gasteiger partial charge in [0.1, 0.15) is 0 Å². The second-order valence-corrected chi connectivity index (χ2v) is 4.73. The maximum atomic E-state index is 12.3. The lowest BCUT2D eigenvalue weighted by Crippen LogP contribution is -2.03. The number of aryl methyl sites for hydroxylation is 1. The molecule has 0 unspecified atom stereocenters. The highest BCUT2D eigenvalue weighted by molar-refractivity contribution is 7.15. The van der Waals surface area contributed by atoms with Crippen LogP contribution in [-0.2, 0) is 12.7 Å². The fraction of sp³-hybridized carbons (Fsp3) is 0.273. The van der Waals surface area contributed by atoms with Gasteiger partial charge in [0.15, 0.2) is 0 Å². The first kappa shape index (κ1) is 12.8. The van der Waals surface area contributed by atoms with Crippen LogP contribution >= 0.6 is 11.3 Å². The summed E-state index contributed by atoms with van der Waals surface area (Å²) in [5, 5.41) is 8.60. The molecule has 2 rings (SSSR count). The third-order valence-electron chi connectivity index (χ3n) is 2.23. The van der Waals surface area contributed by atoms with Gasteiger partial charge in [0.2, 0.25) is 10.1 Å². The van der Waals surface area contributed by atoms with Gasteiger partial charge in [-0.05, 0) is 12.5 Å². The van der Waals surface area contributed by atoms with Crippen molar-refractivity contribution in [3.63, 3.8) is 0 Å². The van der Waals surface area contributed by atoms with Crippen molar-refractivity contribution in [2.75, 3.05) is 5.32 Å². The minimum Gasteiger partial charge on any atom is -0.356 e. The second-order valence-electron chi connectivity index (χ2n) is 3.75. The van der Waals surface area contributed by atoms with Crippen LogP contribution in [0.1, 0.15) is 16.1 Å². The Morgan fingerprint density at radius 1 is 1.17 bits per heavy atom. The van der Waals surface area contributed by atoms with Crippen LogP contribution in [-0.4, -0.2) is 10.2 Å². The van der Waals surface area contributed by atoms with E-state index in [2.05, 4.69) is 15.5 Å². The standard InChI is InChI=1S/C11H10F3N3S/c1-7-2-4-8(5-3-7)6-15-10-17-16-9(18-10)11(12,13)14/h2-5H,6H2,1H3,(H,15,17). The van der Waals surface area contributed by atoms with Crippen LogP contribution in [0.15, 0.2) is 24.3 Å². The van der Waals surface area contributed by atoms with Crippen molar-refractivity contribution in [3.05, 3.63) is 40.4 Å². The monoisotopic (exact) mass is 273 g/mol. The maximum Gasteiger partial charge on any atom is 0.445 e. The lowest BCUT2D eigenvalue weighted by molar-refractivity contribution is -0.138. The van der Waals surface area contributed by atoms with Crippen LogP contribution in [0.5, 0.6) is 0 Å². The Morgan fingerprint density at radius 3 is 2.39 bits per heavy atom. The molecule has 0 fully saturated rings. The van der Waals surface area contributed by atoms with Crippen molar-refractivity contribution >= 4 is 16.5 Å². The van der Waals surface area contributed by atoms with E-state index in [0.29, 0.717) is 17.9 Å². The van der Waals surface area contributed by atoms with Gasteiger partial charge >= 0.3 is 6.18 Å². The van der Waals surface area contributed by atoms with Gasteiger partial charge in [0, 0.05) is 6.54 Å². The Hall–Kier alpha value is -1.63. The number of rotatable bonds is 3. The van der Waals surface area contributed by atoms with E-state index in [9.17, 15) is 13.2 Å². The molecule has 0 atom stereocenters. The first-order valence-electron chi connectivity index (χ1n) is 5.15. The van der Waals surface area contributed by atoms with Gasteiger partial charge in [0.05, 0.1) is 0 Å². The summed E-state index contributed by atoms with van der Waals surface area (Å²) in [6.45, 7) is 2.39. The molecule has 3 nitrogen and oxygen atoms in total. The highest BCUT2D eigenvalue weighted by Gasteiger charge is 2.35. The molecule has 0 aliphatic heterocycles. The third kappa shape index (κ3) is 3.19. The molecule has 96 valence electrons. The Morgan fingerprint density at radius 2 is 1.83 bits per heavy atom. The molecule has 0 aliphatic rings. The van der Waals surface area contributed by atoms with Crippen LogP contribution in [0.2, 0.25) is 0 Å². The average molecular weight is 273 g/mol. The number of benzene rings is 1. The molecule has 1 N–H and O–H groups in total. The van der Waals surface area contributed by atoms with Gasteiger partial charge in [-0.25, -0.2) is 0 Å². The van der Waals surface area contributed by atoms with Crippen LogP contribution in [0, 0.1) is 6.92 Å². The number of nitrogens with zero attached hydrogens (tertiary/aromatic N) is 2. The van der Waals surface area contributed by atoms with Crippen molar-refractivity contribution in [1.82, 2.24) is 10.2 Å². The fourth-order valence-electron chi connectivity index (χ4n) is 1.29. The summed E-state index contributed by atoms with van der Waals surface area (Å²) in [6, 6.07) is 7.71. The van der Waals surface area contributed by atoms with E-state index in [1.807, 2.05) is 31.2 Å². The third-order valence-corrected chi connectivity index (χ3v) is 3.16. The molecule has 7 heteroatoms. The average Bonchev–Trinajstić information content (AvgIpc) is 2.77. The zero-order chi connectivity index (χ0) is 13.2. The number of aromatic nitrogens is 2. The highest BCUT2D eigenvalue weighted by atomic mass is 32.1. The molecule has 0 radical (unpaired) electrons. The Kier molecular flexibility index (Phi) is 3.51. The Labute approximate surface area is 106 Å². The van der Waals surface area contributed by atoms with Gasteiger partial charge in [-0.3, -0.25) is 0 Å². The summed E-state index contributed by atoms with van der Waals surface area (Å²) >= 11 is 0.504. The van der Waals surface area contributed by atoms with Crippen molar-refractivity contribution in [2.24, 2.45) is 0 Å². The number of nitrogens with one attached hydrogen (secondary N) is 1. The molecule has 0 spiro atoms. The van der Waals surface area contributed by atoms with Crippen molar-refractivity contribution in [2.45, 2.75) is 19.6 Å². The molecule has 1 aromatic carbocycles. The van der Waals surface area contributed by atoms with E-state index in [-0.39, 0.29) is 5.13 Å². The zero-order valence-electron chi connectivity index (χ0n) is 9.45. The van der Waals surface area contributed by atoms with Crippen molar-refractivity contribution in [3.8, 4) is 0 Å². The first-order chi connectivity index (χ1) is 8.45. The summed E-state index contributed by atoms with van der Waals surface area (Å²) in [5.41, 5.74) is 2.11. The van der Waals surface area contributed by atoms with Crippen molar-refractivity contribution in [1.29, 1.82) is 0 Å². The number of alkyl halides is 3. The Balaban J connectivity index is 1.98. The minimum atomic E-state index is -4.43. The van der Waals surface area contributed by atoms with E-state index < -0.39 is 11.2 Å². The molecular formula is C11H10F3N3S.